The van der Waals surface area contributed by atoms with Gasteiger partial charge in [0.15, 0.2) is 11.5 Å². The number of benzene rings is 2. The van der Waals surface area contributed by atoms with Crippen molar-refractivity contribution in [3.8, 4) is 11.5 Å². The zero-order chi connectivity index (χ0) is 21.1. The molecule has 158 valence electrons. The normalized spacial score (nSPS) is 14.1. The molecule has 1 aliphatic rings. The van der Waals surface area contributed by atoms with Crippen LogP contribution >= 0.6 is 0 Å². The third-order valence-corrected chi connectivity index (χ3v) is 5.34. The van der Waals surface area contributed by atoms with Crippen molar-refractivity contribution in [2.24, 2.45) is 0 Å². The van der Waals surface area contributed by atoms with Crippen molar-refractivity contribution in [2.45, 2.75) is 38.3 Å². The molecule has 3 aromatic rings. The van der Waals surface area contributed by atoms with E-state index in [-0.39, 0.29) is 11.9 Å². The van der Waals surface area contributed by atoms with Gasteiger partial charge >= 0.3 is 0 Å². The summed E-state index contributed by atoms with van der Waals surface area (Å²) in [6.45, 7) is 0.500. The molecule has 0 bridgehead atoms. The molecule has 2 aromatic carbocycles. The summed E-state index contributed by atoms with van der Waals surface area (Å²) in [6.07, 6.45) is 4.76. The molecule has 0 spiro atoms. The number of ether oxygens (including phenoxy) is 2. The number of aromatic nitrogens is 2. The Morgan fingerprint density at radius 3 is 2.47 bits per heavy atom. The van der Waals surface area contributed by atoms with Gasteiger partial charge in [-0.25, -0.2) is 9.37 Å². The SMILES string of the molecule is COc1cc2c(N(C)C)nc(NCc3ccc(F)cc3)nc2cc1OC1CCCC1. The van der Waals surface area contributed by atoms with E-state index in [9.17, 15) is 4.39 Å². The molecule has 0 radical (unpaired) electrons. The third kappa shape index (κ3) is 4.40. The fraction of sp³-hybridized carbons (Fsp3) is 0.391. The van der Waals surface area contributed by atoms with Crippen LogP contribution in [0.15, 0.2) is 36.4 Å². The Morgan fingerprint density at radius 1 is 1.07 bits per heavy atom. The Kier molecular flexibility index (Phi) is 5.88. The van der Waals surface area contributed by atoms with Crippen LogP contribution in [0, 0.1) is 5.82 Å². The molecule has 6 nitrogen and oxygen atoms in total. The van der Waals surface area contributed by atoms with Crippen LogP contribution in [0.1, 0.15) is 31.2 Å². The summed E-state index contributed by atoms with van der Waals surface area (Å²) >= 11 is 0. The molecule has 1 fully saturated rings. The predicted molar refractivity (Wildman–Crippen MR) is 117 cm³/mol. The first-order valence-corrected chi connectivity index (χ1v) is 10.3. The molecule has 0 atom stereocenters. The van der Waals surface area contributed by atoms with Crippen LogP contribution in [0.25, 0.3) is 10.9 Å². The number of halogens is 1. The van der Waals surface area contributed by atoms with E-state index in [4.69, 9.17) is 14.5 Å². The number of methoxy groups -OCH3 is 1. The van der Waals surface area contributed by atoms with Crippen LogP contribution < -0.4 is 19.7 Å². The monoisotopic (exact) mass is 410 g/mol. The first kappa shape index (κ1) is 20.2. The number of rotatable bonds is 7. The van der Waals surface area contributed by atoms with Gasteiger partial charge < -0.3 is 19.7 Å². The van der Waals surface area contributed by atoms with Gasteiger partial charge in [-0.15, -0.1) is 0 Å². The largest absolute Gasteiger partial charge is 0.493 e. The van der Waals surface area contributed by atoms with E-state index in [1.807, 2.05) is 31.1 Å². The summed E-state index contributed by atoms with van der Waals surface area (Å²) in [7, 11) is 5.54. The van der Waals surface area contributed by atoms with E-state index in [1.54, 1.807) is 19.2 Å². The number of fused-ring (bicyclic) bond motifs is 1. The quantitative estimate of drug-likeness (QED) is 0.605. The minimum Gasteiger partial charge on any atom is -0.493 e. The van der Waals surface area contributed by atoms with Crippen LogP contribution in [0.5, 0.6) is 11.5 Å². The highest BCUT2D eigenvalue weighted by Crippen LogP contribution is 2.37. The van der Waals surface area contributed by atoms with E-state index in [1.165, 1.54) is 25.0 Å². The molecular weight excluding hydrogens is 383 g/mol. The van der Waals surface area contributed by atoms with Crippen LogP contribution in [0.4, 0.5) is 16.2 Å². The fourth-order valence-corrected chi connectivity index (χ4v) is 3.76. The van der Waals surface area contributed by atoms with Gasteiger partial charge in [0, 0.05) is 32.1 Å². The van der Waals surface area contributed by atoms with Gasteiger partial charge in [0.1, 0.15) is 11.6 Å². The minimum absolute atomic E-state index is 0.225. The van der Waals surface area contributed by atoms with Crippen LogP contribution in [0.3, 0.4) is 0 Å². The van der Waals surface area contributed by atoms with Crippen molar-refractivity contribution in [1.82, 2.24) is 9.97 Å². The van der Waals surface area contributed by atoms with Crippen LogP contribution in [-0.4, -0.2) is 37.3 Å². The average Bonchev–Trinajstić information content (AvgIpc) is 3.25. The number of hydrogen-bond acceptors (Lipinski definition) is 6. The Balaban J connectivity index is 1.67. The average molecular weight is 410 g/mol. The molecule has 4 rings (SSSR count). The van der Waals surface area contributed by atoms with E-state index in [0.717, 1.165) is 35.1 Å². The molecule has 0 amide bonds. The summed E-state index contributed by atoms with van der Waals surface area (Å²) in [5.41, 5.74) is 1.73. The van der Waals surface area contributed by atoms with Gasteiger partial charge in [0.05, 0.1) is 18.7 Å². The Hall–Kier alpha value is -3.09. The first-order valence-electron chi connectivity index (χ1n) is 10.3. The first-order chi connectivity index (χ1) is 14.5. The maximum atomic E-state index is 13.1. The molecular formula is C23H27FN4O2. The smallest absolute Gasteiger partial charge is 0.225 e. The van der Waals surface area contributed by atoms with E-state index in [2.05, 4.69) is 10.3 Å². The lowest BCUT2D eigenvalue weighted by Gasteiger charge is -2.19. The summed E-state index contributed by atoms with van der Waals surface area (Å²) < 4.78 is 25.0. The number of hydrogen-bond donors (Lipinski definition) is 1. The van der Waals surface area contributed by atoms with Gasteiger partial charge in [-0.05, 0) is 49.4 Å². The molecule has 1 aromatic heterocycles. The van der Waals surface area contributed by atoms with Crippen molar-refractivity contribution >= 4 is 22.7 Å². The molecule has 30 heavy (non-hydrogen) atoms. The maximum absolute atomic E-state index is 13.1. The van der Waals surface area contributed by atoms with Crippen LogP contribution in [-0.2, 0) is 6.54 Å². The van der Waals surface area contributed by atoms with Crippen molar-refractivity contribution < 1.29 is 13.9 Å². The number of nitrogens with one attached hydrogen (secondary N) is 1. The maximum Gasteiger partial charge on any atom is 0.225 e. The van der Waals surface area contributed by atoms with Crippen LogP contribution in [0.2, 0.25) is 0 Å². The lowest BCUT2D eigenvalue weighted by molar-refractivity contribution is 0.201. The molecule has 1 heterocycles. The van der Waals surface area contributed by atoms with Gasteiger partial charge in [-0.2, -0.15) is 4.98 Å². The second-order valence-electron chi connectivity index (χ2n) is 7.79. The Labute approximate surface area is 176 Å². The van der Waals surface area contributed by atoms with Gasteiger partial charge in [0.25, 0.3) is 0 Å². The standard InChI is InChI=1S/C23H27FN4O2/c1-28(2)22-18-12-20(29-3)21(30-17-6-4-5-7-17)13-19(18)26-23(27-22)25-14-15-8-10-16(24)11-9-15/h8-13,17H,4-7,14H2,1-3H3,(H,25,26,27). The van der Waals surface area contributed by atoms with E-state index < -0.39 is 0 Å². The van der Waals surface area contributed by atoms with Gasteiger partial charge in [-0.1, -0.05) is 12.1 Å². The summed E-state index contributed by atoms with van der Waals surface area (Å²) in [5.74, 6) is 2.44. The van der Waals surface area contributed by atoms with E-state index in [0.29, 0.717) is 24.0 Å². The molecule has 0 unspecified atom stereocenters. The third-order valence-electron chi connectivity index (χ3n) is 5.34. The van der Waals surface area contributed by atoms with E-state index >= 15 is 0 Å². The second-order valence-corrected chi connectivity index (χ2v) is 7.79. The zero-order valence-corrected chi connectivity index (χ0v) is 17.6. The lowest BCUT2D eigenvalue weighted by Crippen LogP contribution is -2.15. The predicted octanol–water partition coefficient (Wildman–Crippen LogP) is 4.78. The molecule has 1 aliphatic carbocycles. The molecule has 0 saturated heterocycles. The Bertz CT molecular complexity index is 1020. The second kappa shape index (κ2) is 8.73. The highest BCUT2D eigenvalue weighted by Gasteiger charge is 2.20. The summed E-state index contributed by atoms with van der Waals surface area (Å²) in [6, 6.07) is 10.3. The lowest BCUT2D eigenvalue weighted by atomic mass is 10.2. The topological polar surface area (TPSA) is 59.5 Å². The molecule has 7 heteroatoms. The Morgan fingerprint density at radius 2 is 1.80 bits per heavy atom. The molecule has 1 N–H and O–H groups in total. The molecule has 1 saturated carbocycles. The highest BCUT2D eigenvalue weighted by atomic mass is 19.1. The number of anilines is 2. The number of nitrogens with zero attached hydrogens (tertiary/aromatic N) is 3. The van der Waals surface area contributed by atoms with Gasteiger partial charge in [0.2, 0.25) is 5.95 Å². The van der Waals surface area contributed by atoms with Crippen molar-refractivity contribution in [1.29, 1.82) is 0 Å². The van der Waals surface area contributed by atoms with Gasteiger partial charge in [-0.3, -0.25) is 0 Å². The minimum atomic E-state index is -0.251. The highest BCUT2D eigenvalue weighted by molar-refractivity contribution is 5.93. The van der Waals surface area contributed by atoms with Crippen molar-refractivity contribution in [3.05, 3.63) is 47.8 Å². The van der Waals surface area contributed by atoms with Crippen molar-refractivity contribution in [2.75, 3.05) is 31.4 Å². The van der Waals surface area contributed by atoms with Crippen molar-refractivity contribution in [3.63, 3.8) is 0 Å². The zero-order valence-electron chi connectivity index (χ0n) is 17.6. The summed E-state index contributed by atoms with van der Waals surface area (Å²) in [5, 5.41) is 4.14. The fourth-order valence-electron chi connectivity index (χ4n) is 3.76. The molecule has 0 aliphatic heterocycles. The summed E-state index contributed by atoms with van der Waals surface area (Å²) in [4.78, 5) is 11.3.